The lowest BCUT2D eigenvalue weighted by atomic mass is 10.1. The molecular weight excluding hydrogens is 228 g/mol. The van der Waals surface area contributed by atoms with Gasteiger partial charge in [0, 0.05) is 12.8 Å². The number of hydrogen-bond donors (Lipinski definition) is 0. The fourth-order valence-electron chi connectivity index (χ4n) is 1.36. The highest BCUT2D eigenvalue weighted by atomic mass is 16.5. The standard InChI is InChI=1S/C15H18O3/c1-10(2)14(17)8-7-13-6-5-11(3)15(9-13)18-12(4)16/h5-10H,1-4H3/b8-7+. The Bertz CT molecular complexity index is 485. The Balaban J connectivity index is 2.91. The molecule has 0 aliphatic rings. The molecule has 0 spiro atoms. The second kappa shape index (κ2) is 6.15. The van der Waals surface area contributed by atoms with E-state index in [1.54, 1.807) is 18.2 Å². The van der Waals surface area contributed by atoms with E-state index < -0.39 is 0 Å². The smallest absolute Gasteiger partial charge is 0.308 e. The van der Waals surface area contributed by atoms with E-state index in [1.165, 1.54) is 6.92 Å². The molecule has 0 saturated carbocycles. The molecule has 18 heavy (non-hydrogen) atoms. The number of benzene rings is 1. The average molecular weight is 246 g/mol. The topological polar surface area (TPSA) is 43.4 Å². The van der Waals surface area contributed by atoms with Crippen LogP contribution in [0, 0.1) is 12.8 Å². The van der Waals surface area contributed by atoms with E-state index in [0.717, 1.165) is 11.1 Å². The van der Waals surface area contributed by atoms with Crippen LogP contribution >= 0.6 is 0 Å². The van der Waals surface area contributed by atoms with E-state index >= 15 is 0 Å². The van der Waals surface area contributed by atoms with E-state index in [2.05, 4.69) is 0 Å². The molecule has 0 heterocycles. The molecule has 0 fully saturated rings. The number of carbonyl (C=O) groups is 2. The van der Waals surface area contributed by atoms with Crippen molar-refractivity contribution in [3.63, 3.8) is 0 Å². The van der Waals surface area contributed by atoms with Crippen LogP contribution in [0.5, 0.6) is 5.75 Å². The maximum absolute atomic E-state index is 11.5. The van der Waals surface area contributed by atoms with E-state index in [0.29, 0.717) is 5.75 Å². The number of carbonyl (C=O) groups excluding carboxylic acids is 2. The van der Waals surface area contributed by atoms with Crippen molar-refractivity contribution in [2.75, 3.05) is 0 Å². The van der Waals surface area contributed by atoms with Crippen LogP contribution in [0.15, 0.2) is 24.3 Å². The number of ether oxygens (including phenoxy) is 1. The molecule has 0 aliphatic carbocycles. The highest BCUT2D eigenvalue weighted by Gasteiger charge is 2.04. The van der Waals surface area contributed by atoms with Crippen LogP contribution in [0.1, 0.15) is 31.9 Å². The minimum Gasteiger partial charge on any atom is -0.426 e. The van der Waals surface area contributed by atoms with Crippen LogP contribution in [0.4, 0.5) is 0 Å². The fourth-order valence-corrected chi connectivity index (χ4v) is 1.36. The number of esters is 1. The summed E-state index contributed by atoms with van der Waals surface area (Å²) in [5.41, 5.74) is 1.73. The number of rotatable bonds is 4. The third-order valence-electron chi connectivity index (χ3n) is 2.47. The number of aryl methyl sites for hydroxylation is 1. The van der Waals surface area contributed by atoms with Crippen LogP contribution in [0.3, 0.4) is 0 Å². The summed E-state index contributed by atoms with van der Waals surface area (Å²) in [4.78, 5) is 22.4. The Labute approximate surface area is 107 Å². The molecule has 3 nitrogen and oxygen atoms in total. The van der Waals surface area contributed by atoms with E-state index in [4.69, 9.17) is 4.74 Å². The van der Waals surface area contributed by atoms with E-state index in [-0.39, 0.29) is 17.7 Å². The summed E-state index contributed by atoms with van der Waals surface area (Å²) in [5, 5.41) is 0. The predicted molar refractivity (Wildman–Crippen MR) is 71.4 cm³/mol. The van der Waals surface area contributed by atoms with Crippen molar-refractivity contribution in [2.45, 2.75) is 27.7 Å². The quantitative estimate of drug-likeness (QED) is 0.465. The molecule has 0 amide bonds. The van der Waals surface area contributed by atoms with Crippen molar-refractivity contribution in [2.24, 2.45) is 5.92 Å². The highest BCUT2D eigenvalue weighted by molar-refractivity contribution is 5.94. The molecule has 96 valence electrons. The summed E-state index contributed by atoms with van der Waals surface area (Å²) in [7, 11) is 0. The summed E-state index contributed by atoms with van der Waals surface area (Å²) in [6, 6.07) is 5.49. The summed E-state index contributed by atoms with van der Waals surface area (Å²) in [6.07, 6.45) is 3.28. The third-order valence-corrected chi connectivity index (χ3v) is 2.47. The van der Waals surface area contributed by atoms with Gasteiger partial charge in [-0.15, -0.1) is 0 Å². The second-order valence-corrected chi connectivity index (χ2v) is 4.51. The Morgan fingerprint density at radius 1 is 1.28 bits per heavy atom. The van der Waals surface area contributed by atoms with Crippen LogP contribution in [-0.2, 0) is 9.59 Å². The molecule has 1 rings (SSSR count). The first-order chi connectivity index (χ1) is 8.40. The van der Waals surface area contributed by atoms with Crippen LogP contribution < -0.4 is 4.74 Å². The van der Waals surface area contributed by atoms with Crippen LogP contribution in [0.25, 0.3) is 6.08 Å². The molecule has 0 radical (unpaired) electrons. The van der Waals surface area contributed by atoms with Crippen molar-refractivity contribution < 1.29 is 14.3 Å². The molecule has 1 aromatic rings. The number of hydrogen-bond acceptors (Lipinski definition) is 3. The molecule has 0 aliphatic heterocycles. The highest BCUT2D eigenvalue weighted by Crippen LogP contribution is 2.20. The van der Waals surface area contributed by atoms with Gasteiger partial charge >= 0.3 is 5.97 Å². The Kier molecular flexibility index (Phi) is 4.84. The number of allylic oxidation sites excluding steroid dienone is 1. The molecule has 0 bridgehead atoms. The Hall–Kier alpha value is -1.90. The van der Waals surface area contributed by atoms with Gasteiger partial charge in [0.2, 0.25) is 0 Å². The van der Waals surface area contributed by atoms with Gasteiger partial charge in [0.1, 0.15) is 5.75 Å². The average Bonchev–Trinajstić information content (AvgIpc) is 2.28. The third kappa shape index (κ3) is 4.17. The van der Waals surface area contributed by atoms with E-state index in [9.17, 15) is 9.59 Å². The van der Waals surface area contributed by atoms with Gasteiger partial charge in [0.05, 0.1) is 0 Å². The Morgan fingerprint density at radius 3 is 2.50 bits per heavy atom. The second-order valence-electron chi connectivity index (χ2n) is 4.51. The Morgan fingerprint density at radius 2 is 1.94 bits per heavy atom. The first kappa shape index (κ1) is 14.2. The van der Waals surface area contributed by atoms with Gasteiger partial charge in [0.25, 0.3) is 0 Å². The lowest BCUT2D eigenvalue weighted by Gasteiger charge is -2.06. The molecule has 0 N–H and O–H groups in total. The first-order valence-electron chi connectivity index (χ1n) is 5.91. The van der Waals surface area contributed by atoms with Gasteiger partial charge in [0.15, 0.2) is 5.78 Å². The van der Waals surface area contributed by atoms with Crippen LogP contribution in [-0.4, -0.2) is 11.8 Å². The zero-order valence-electron chi connectivity index (χ0n) is 11.2. The van der Waals surface area contributed by atoms with Crippen molar-refractivity contribution in [1.82, 2.24) is 0 Å². The van der Waals surface area contributed by atoms with Gasteiger partial charge in [-0.1, -0.05) is 32.1 Å². The summed E-state index contributed by atoms with van der Waals surface area (Å²) < 4.78 is 5.08. The van der Waals surface area contributed by atoms with Crippen molar-refractivity contribution >= 4 is 17.8 Å². The number of ketones is 1. The zero-order chi connectivity index (χ0) is 13.7. The van der Waals surface area contributed by atoms with Gasteiger partial charge in [-0.2, -0.15) is 0 Å². The maximum atomic E-state index is 11.5. The summed E-state index contributed by atoms with van der Waals surface area (Å²) in [6.45, 7) is 6.94. The first-order valence-corrected chi connectivity index (χ1v) is 5.91. The van der Waals surface area contributed by atoms with Crippen molar-refractivity contribution in [1.29, 1.82) is 0 Å². The summed E-state index contributed by atoms with van der Waals surface area (Å²) in [5.74, 6) is 0.239. The minimum absolute atomic E-state index is 0.0142. The van der Waals surface area contributed by atoms with Crippen LogP contribution in [0.2, 0.25) is 0 Å². The van der Waals surface area contributed by atoms with Gasteiger partial charge < -0.3 is 4.74 Å². The summed E-state index contributed by atoms with van der Waals surface area (Å²) >= 11 is 0. The predicted octanol–water partition coefficient (Wildman–Crippen LogP) is 3.16. The molecule has 0 unspecified atom stereocenters. The van der Waals surface area contributed by atoms with Gasteiger partial charge in [-0.25, -0.2) is 0 Å². The lowest BCUT2D eigenvalue weighted by Crippen LogP contribution is -2.03. The monoisotopic (exact) mass is 246 g/mol. The SMILES string of the molecule is CC(=O)Oc1cc(/C=C/C(=O)C(C)C)ccc1C. The van der Waals surface area contributed by atoms with Crippen molar-refractivity contribution in [3.05, 3.63) is 35.4 Å². The molecule has 0 saturated heterocycles. The zero-order valence-corrected chi connectivity index (χ0v) is 11.2. The maximum Gasteiger partial charge on any atom is 0.308 e. The largest absolute Gasteiger partial charge is 0.426 e. The van der Waals surface area contributed by atoms with Crippen molar-refractivity contribution in [3.8, 4) is 5.75 Å². The fraction of sp³-hybridized carbons (Fsp3) is 0.333. The molecular formula is C15H18O3. The minimum atomic E-state index is -0.350. The molecule has 0 aromatic heterocycles. The van der Waals surface area contributed by atoms with Gasteiger partial charge in [-0.3, -0.25) is 9.59 Å². The molecule has 3 heteroatoms. The lowest BCUT2D eigenvalue weighted by molar-refractivity contribution is -0.131. The van der Waals surface area contributed by atoms with E-state index in [1.807, 2.05) is 32.9 Å². The molecule has 1 aromatic carbocycles. The van der Waals surface area contributed by atoms with Gasteiger partial charge in [-0.05, 0) is 30.2 Å². The molecule has 0 atom stereocenters. The normalized spacial score (nSPS) is 10.9.